The molecular formula is C13H11BrN6O2. The lowest BCUT2D eigenvalue weighted by Gasteiger charge is -2.04. The first kappa shape index (κ1) is 14.4. The van der Waals surface area contributed by atoms with Gasteiger partial charge < -0.3 is 9.84 Å². The van der Waals surface area contributed by atoms with Crippen molar-refractivity contribution in [2.24, 2.45) is 0 Å². The van der Waals surface area contributed by atoms with E-state index in [1.165, 1.54) is 4.68 Å². The van der Waals surface area contributed by atoms with Crippen molar-refractivity contribution in [3.8, 4) is 11.4 Å². The Balaban J connectivity index is 1.74. The van der Waals surface area contributed by atoms with Gasteiger partial charge in [0.05, 0.1) is 0 Å². The molecule has 0 unspecified atom stereocenters. The van der Waals surface area contributed by atoms with Crippen molar-refractivity contribution in [3.05, 3.63) is 40.6 Å². The molecule has 0 aliphatic rings. The summed E-state index contributed by atoms with van der Waals surface area (Å²) < 4.78 is 7.26. The number of hydrogen-bond acceptors (Lipinski definition) is 6. The van der Waals surface area contributed by atoms with Gasteiger partial charge in [0.15, 0.2) is 11.6 Å². The molecule has 0 aliphatic carbocycles. The number of nitrogens with zero attached hydrogens (tertiary/aromatic N) is 5. The second-order valence-corrected chi connectivity index (χ2v) is 5.45. The van der Waals surface area contributed by atoms with Gasteiger partial charge in [-0.1, -0.05) is 33.2 Å². The lowest BCUT2D eigenvalue weighted by Crippen LogP contribution is -2.20. The number of benzene rings is 1. The number of amides is 1. The van der Waals surface area contributed by atoms with Crippen LogP contribution in [0.1, 0.15) is 5.76 Å². The summed E-state index contributed by atoms with van der Waals surface area (Å²) in [6.07, 6.45) is 0. The number of aromatic nitrogens is 5. The normalized spacial score (nSPS) is 10.6. The van der Waals surface area contributed by atoms with E-state index in [4.69, 9.17) is 4.52 Å². The van der Waals surface area contributed by atoms with E-state index in [1.54, 1.807) is 13.0 Å². The first-order chi connectivity index (χ1) is 10.6. The second-order valence-electron chi connectivity index (χ2n) is 4.54. The van der Waals surface area contributed by atoms with Gasteiger partial charge in [0.2, 0.25) is 5.91 Å². The van der Waals surface area contributed by atoms with Crippen molar-refractivity contribution < 1.29 is 9.32 Å². The second kappa shape index (κ2) is 6.06. The Hall–Kier alpha value is -2.55. The number of hydrogen-bond donors (Lipinski definition) is 1. The Morgan fingerprint density at radius 1 is 1.36 bits per heavy atom. The van der Waals surface area contributed by atoms with Crippen LogP contribution in [-0.4, -0.2) is 31.3 Å². The third-order valence-corrected chi connectivity index (χ3v) is 3.35. The van der Waals surface area contributed by atoms with Crippen LogP contribution >= 0.6 is 15.9 Å². The Bertz CT molecular complexity index is 795. The molecule has 1 aromatic carbocycles. The first-order valence-corrected chi connectivity index (χ1v) is 7.16. The van der Waals surface area contributed by atoms with Crippen LogP contribution in [0.15, 0.2) is 39.3 Å². The molecule has 3 rings (SSSR count). The third kappa shape index (κ3) is 3.19. The van der Waals surface area contributed by atoms with Gasteiger partial charge in [0, 0.05) is 16.1 Å². The van der Waals surface area contributed by atoms with Crippen LogP contribution in [0.5, 0.6) is 0 Å². The predicted octanol–water partition coefficient (Wildman–Crippen LogP) is 2.04. The van der Waals surface area contributed by atoms with Gasteiger partial charge in [-0.3, -0.25) is 4.79 Å². The summed E-state index contributed by atoms with van der Waals surface area (Å²) in [4.78, 5) is 12.0. The van der Waals surface area contributed by atoms with E-state index in [9.17, 15) is 4.79 Å². The molecule has 0 atom stereocenters. The van der Waals surface area contributed by atoms with Gasteiger partial charge in [0.25, 0.3) is 0 Å². The predicted molar refractivity (Wildman–Crippen MR) is 80.8 cm³/mol. The number of halogens is 1. The minimum atomic E-state index is -0.293. The van der Waals surface area contributed by atoms with Crippen molar-refractivity contribution in [3.63, 3.8) is 0 Å². The molecule has 2 heterocycles. The molecule has 22 heavy (non-hydrogen) atoms. The SMILES string of the molecule is Cc1cc(NC(=O)Cn2nnnc2-c2ccc(Br)cc2)no1. The smallest absolute Gasteiger partial charge is 0.247 e. The molecule has 0 bridgehead atoms. The maximum absolute atomic E-state index is 12.0. The van der Waals surface area contributed by atoms with Crippen LogP contribution in [0.4, 0.5) is 5.82 Å². The fourth-order valence-electron chi connectivity index (χ4n) is 1.86. The Kier molecular flexibility index (Phi) is 3.96. The topological polar surface area (TPSA) is 98.7 Å². The molecule has 0 radical (unpaired) electrons. The van der Waals surface area contributed by atoms with Gasteiger partial charge in [-0.15, -0.1) is 5.10 Å². The molecule has 8 nitrogen and oxygen atoms in total. The summed E-state index contributed by atoms with van der Waals surface area (Å²) in [6, 6.07) is 9.13. The van der Waals surface area contributed by atoms with Gasteiger partial charge in [-0.2, -0.15) is 0 Å². The van der Waals surface area contributed by atoms with Crippen molar-refractivity contribution in [1.29, 1.82) is 0 Å². The molecule has 3 aromatic rings. The van der Waals surface area contributed by atoms with E-state index in [2.05, 4.69) is 41.9 Å². The average Bonchev–Trinajstić information content (AvgIpc) is 3.09. The van der Waals surface area contributed by atoms with E-state index in [0.717, 1.165) is 10.0 Å². The van der Waals surface area contributed by atoms with E-state index < -0.39 is 0 Å². The maximum Gasteiger partial charge on any atom is 0.247 e. The van der Waals surface area contributed by atoms with Crippen molar-refractivity contribution >= 4 is 27.7 Å². The Labute approximate surface area is 133 Å². The molecule has 0 aliphatic heterocycles. The molecule has 1 N–H and O–H groups in total. The molecule has 0 saturated heterocycles. The molecular weight excluding hydrogens is 352 g/mol. The monoisotopic (exact) mass is 362 g/mol. The minimum Gasteiger partial charge on any atom is -0.360 e. The zero-order valence-corrected chi connectivity index (χ0v) is 13.1. The zero-order chi connectivity index (χ0) is 15.5. The zero-order valence-electron chi connectivity index (χ0n) is 11.5. The minimum absolute atomic E-state index is 0.0235. The largest absolute Gasteiger partial charge is 0.360 e. The van der Waals surface area contributed by atoms with E-state index >= 15 is 0 Å². The number of carbonyl (C=O) groups excluding carboxylic acids is 1. The fraction of sp³-hybridized carbons (Fsp3) is 0.154. The molecule has 9 heteroatoms. The molecule has 0 spiro atoms. The van der Waals surface area contributed by atoms with E-state index in [0.29, 0.717) is 17.4 Å². The lowest BCUT2D eigenvalue weighted by molar-refractivity contribution is -0.116. The summed E-state index contributed by atoms with van der Waals surface area (Å²) in [6.45, 7) is 1.72. The Morgan fingerprint density at radius 3 is 2.82 bits per heavy atom. The summed E-state index contributed by atoms with van der Waals surface area (Å²) in [5.41, 5.74) is 0.818. The highest BCUT2D eigenvalue weighted by molar-refractivity contribution is 9.10. The lowest BCUT2D eigenvalue weighted by atomic mass is 10.2. The third-order valence-electron chi connectivity index (χ3n) is 2.82. The van der Waals surface area contributed by atoms with E-state index in [-0.39, 0.29) is 12.5 Å². The summed E-state index contributed by atoms with van der Waals surface area (Å²) in [5.74, 6) is 1.20. The van der Waals surface area contributed by atoms with E-state index in [1.807, 2.05) is 24.3 Å². The van der Waals surface area contributed by atoms with Gasteiger partial charge in [-0.05, 0) is 29.5 Å². The number of aryl methyl sites for hydroxylation is 1. The van der Waals surface area contributed by atoms with Crippen LogP contribution < -0.4 is 5.32 Å². The van der Waals surface area contributed by atoms with Gasteiger partial charge in [-0.25, -0.2) is 4.68 Å². The van der Waals surface area contributed by atoms with Crippen molar-refractivity contribution in [1.82, 2.24) is 25.4 Å². The van der Waals surface area contributed by atoms with Gasteiger partial charge in [0.1, 0.15) is 12.3 Å². The summed E-state index contributed by atoms with van der Waals surface area (Å²) in [5, 5.41) is 17.7. The average molecular weight is 363 g/mol. The van der Waals surface area contributed by atoms with Crippen molar-refractivity contribution in [2.75, 3.05) is 5.32 Å². The van der Waals surface area contributed by atoms with Crippen LogP contribution in [0.3, 0.4) is 0 Å². The molecule has 112 valence electrons. The number of carbonyl (C=O) groups is 1. The number of nitrogens with one attached hydrogen (secondary N) is 1. The molecule has 0 fully saturated rings. The first-order valence-electron chi connectivity index (χ1n) is 6.37. The molecule has 2 aromatic heterocycles. The highest BCUT2D eigenvalue weighted by atomic mass is 79.9. The van der Waals surface area contributed by atoms with Crippen LogP contribution in [0.2, 0.25) is 0 Å². The standard InChI is InChI=1S/C13H11BrN6O2/c1-8-6-11(17-22-8)15-12(21)7-20-13(16-18-19-20)9-2-4-10(14)5-3-9/h2-6H,7H2,1H3,(H,15,17,21). The van der Waals surface area contributed by atoms with Crippen LogP contribution in [-0.2, 0) is 11.3 Å². The highest BCUT2D eigenvalue weighted by Gasteiger charge is 2.13. The quantitative estimate of drug-likeness (QED) is 0.762. The Morgan fingerprint density at radius 2 is 2.14 bits per heavy atom. The van der Waals surface area contributed by atoms with Crippen molar-refractivity contribution in [2.45, 2.75) is 13.5 Å². The molecule has 1 amide bonds. The highest BCUT2D eigenvalue weighted by Crippen LogP contribution is 2.19. The number of anilines is 1. The number of tetrazole rings is 1. The van der Waals surface area contributed by atoms with Gasteiger partial charge >= 0.3 is 0 Å². The maximum atomic E-state index is 12.0. The fourth-order valence-corrected chi connectivity index (χ4v) is 2.12. The summed E-state index contributed by atoms with van der Waals surface area (Å²) >= 11 is 3.37. The molecule has 0 saturated carbocycles. The van der Waals surface area contributed by atoms with Crippen LogP contribution in [0.25, 0.3) is 11.4 Å². The van der Waals surface area contributed by atoms with Crippen LogP contribution in [0, 0.1) is 6.92 Å². The summed E-state index contributed by atoms with van der Waals surface area (Å²) in [7, 11) is 0. The number of rotatable bonds is 4.